The lowest BCUT2D eigenvalue weighted by molar-refractivity contribution is 0.487. The van der Waals surface area contributed by atoms with Crippen molar-refractivity contribution in [3.8, 4) is 56.0 Å². The van der Waals surface area contributed by atoms with Gasteiger partial charge < -0.3 is 4.74 Å². The van der Waals surface area contributed by atoms with E-state index >= 15 is 0 Å². The smallest absolute Gasteiger partial charge is 0.135 e. The molecule has 0 unspecified atom stereocenters. The van der Waals surface area contributed by atoms with E-state index in [1.54, 1.807) is 0 Å². The second kappa shape index (κ2) is 11.9. The minimum absolute atomic E-state index is 0.617. The summed E-state index contributed by atoms with van der Waals surface area (Å²) in [5, 5.41) is 7.36. The van der Waals surface area contributed by atoms with Gasteiger partial charge in [0, 0.05) is 10.9 Å². The highest BCUT2D eigenvalue weighted by Gasteiger charge is 2.48. The fourth-order valence-electron chi connectivity index (χ4n) is 10.0. The maximum atomic E-state index is 6.53. The second-order valence-electron chi connectivity index (χ2n) is 15.1. The molecular formula is C55H34O. The summed E-state index contributed by atoms with van der Waals surface area (Å²) in [6.45, 7) is 0. The number of hydrogen-bond acceptors (Lipinski definition) is 1. The Morgan fingerprint density at radius 2 is 0.946 bits per heavy atom. The van der Waals surface area contributed by atoms with Gasteiger partial charge in [0.1, 0.15) is 11.5 Å². The Bertz CT molecular complexity index is 3170. The van der Waals surface area contributed by atoms with Crippen LogP contribution in [0, 0.1) is 0 Å². The van der Waals surface area contributed by atoms with Gasteiger partial charge >= 0.3 is 0 Å². The maximum Gasteiger partial charge on any atom is 0.135 e. The van der Waals surface area contributed by atoms with E-state index in [0.29, 0.717) is 0 Å². The molecule has 0 saturated heterocycles. The summed E-state index contributed by atoms with van der Waals surface area (Å²) in [7, 11) is 0. The fraction of sp³-hybridized carbons (Fsp3) is 0.0182. The number of benzene rings is 10. The van der Waals surface area contributed by atoms with Gasteiger partial charge in [0.05, 0.1) is 5.41 Å². The van der Waals surface area contributed by atoms with Crippen molar-refractivity contribution < 1.29 is 4.74 Å². The van der Waals surface area contributed by atoms with Gasteiger partial charge in [0.25, 0.3) is 0 Å². The first kappa shape index (κ1) is 31.2. The summed E-state index contributed by atoms with van der Waals surface area (Å²) < 4.78 is 6.53. The minimum atomic E-state index is -0.617. The highest BCUT2D eigenvalue weighted by molar-refractivity contribution is 6.13. The highest BCUT2D eigenvalue weighted by Crippen LogP contribution is 2.61. The van der Waals surface area contributed by atoms with Crippen LogP contribution in [-0.2, 0) is 5.41 Å². The summed E-state index contributed by atoms with van der Waals surface area (Å²) in [6, 6.07) is 76.1. The third-order valence-electron chi connectivity index (χ3n) is 12.3. The Morgan fingerprint density at radius 3 is 1.77 bits per heavy atom. The first-order chi connectivity index (χ1) is 27.8. The Kier molecular flexibility index (Phi) is 6.62. The minimum Gasteiger partial charge on any atom is -0.456 e. The van der Waals surface area contributed by atoms with Crippen molar-refractivity contribution in [1.82, 2.24) is 0 Å². The Hall–Kier alpha value is -7.22. The first-order valence-electron chi connectivity index (χ1n) is 19.4. The third kappa shape index (κ3) is 4.26. The normalized spacial score (nSPS) is 13.3. The molecule has 2 aliphatic rings. The molecule has 0 fully saturated rings. The number of hydrogen-bond donors (Lipinski definition) is 0. The molecule has 1 heterocycles. The average molecular weight is 711 g/mol. The Balaban J connectivity index is 1.22. The molecule has 0 saturated carbocycles. The summed E-state index contributed by atoms with van der Waals surface area (Å²) in [4.78, 5) is 0. The SMILES string of the molecule is c1ccc(C2(c3ccccc3)c3cc(-c4ccc5c6c(cccc46)-c4ccccc4O5)ccc3-c3c2c(-c2cccc4ccccc24)cc2ccccc32)cc1. The largest absolute Gasteiger partial charge is 0.456 e. The predicted octanol–water partition coefficient (Wildman–Crippen LogP) is 14.6. The third-order valence-corrected chi connectivity index (χ3v) is 12.3. The predicted molar refractivity (Wildman–Crippen MR) is 233 cm³/mol. The topological polar surface area (TPSA) is 9.23 Å². The van der Waals surface area contributed by atoms with Gasteiger partial charge in [-0.25, -0.2) is 0 Å². The van der Waals surface area contributed by atoms with Crippen molar-refractivity contribution in [3.05, 3.63) is 229 Å². The molecule has 1 aliphatic heterocycles. The van der Waals surface area contributed by atoms with Gasteiger partial charge in [-0.15, -0.1) is 0 Å². The van der Waals surface area contributed by atoms with Crippen LogP contribution >= 0.6 is 0 Å². The standard InChI is InChI=1S/C55H34O/c1-3-18-38(19-4-1)55(39-20-5-2-6-21-39)49-34-37(41-31-32-51-52-45(41)26-14-27-46(52)44-24-11-12-28-50(44)56-51)29-30-47(49)53-42-23-10-8-16-36(42)33-48(54(53)55)43-25-13-17-35-15-7-9-22-40(35)43/h1-34H. The van der Waals surface area contributed by atoms with Crippen LogP contribution in [0.1, 0.15) is 22.3 Å². The molecule has 0 radical (unpaired) electrons. The summed E-state index contributed by atoms with van der Waals surface area (Å²) in [5.74, 6) is 1.81. The van der Waals surface area contributed by atoms with E-state index in [-0.39, 0.29) is 0 Å². The Labute approximate surface area is 325 Å². The van der Waals surface area contributed by atoms with Crippen LogP contribution in [0.3, 0.4) is 0 Å². The van der Waals surface area contributed by atoms with Crippen LogP contribution in [0.2, 0.25) is 0 Å². The lowest BCUT2D eigenvalue weighted by Gasteiger charge is -2.36. The monoisotopic (exact) mass is 710 g/mol. The molecule has 1 nitrogen and oxygen atoms in total. The summed E-state index contributed by atoms with van der Waals surface area (Å²) >= 11 is 0. The molecule has 10 aromatic rings. The van der Waals surface area contributed by atoms with E-state index in [1.165, 1.54) is 88.1 Å². The fourth-order valence-corrected chi connectivity index (χ4v) is 10.0. The molecule has 1 heteroatoms. The highest BCUT2D eigenvalue weighted by atomic mass is 16.5. The van der Waals surface area contributed by atoms with Crippen molar-refractivity contribution in [2.75, 3.05) is 0 Å². The molecule has 0 amide bonds. The van der Waals surface area contributed by atoms with Crippen molar-refractivity contribution >= 4 is 32.3 Å². The quantitative estimate of drug-likeness (QED) is 0.177. The molecule has 0 N–H and O–H groups in total. The van der Waals surface area contributed by atoms with Crippen LogP contribution < -0.4 is 4.74 Å². The van der Waals surface area contributed by atoms with Crippen LogP contribution in [0.4, 0.5) is 0 Å². The van der Waals surface area contributed by atoms with Gasteiger partial charge in [0.2, 0.25) is 0 Å². The van der Waals surface area contributed by atoms with Crippen molar-refractivity contribution in [2.45, 2.75) is 5.41 Å². The van der Waals surface area contributed by atoms with Crippen LogP contribution in [0.5, 0.6) is 11.5 Å². The maximum absolute atomic E-state index is 6.53. The van der Waals surface area contributed by atoms with Crippen molar-refractivity contribution in [3.63, 3.8) is 0 Å². The number of ether oxygens (including phenoxy) is 1. The molecule has 260 valence electrons. The van der Waals surface area contributed by atoms with E-state index in [4.69, 9.17) is 4.74 Å². The van der Waals surface area contributed by atoms with E-state index in [0.717, 1.165) is 22.4 Å². The van der Waals surface area contributed by atoms with E-state index in [2.05, 4.69) is 200 Å². The lowest BCUT2D eigenvalue weighted by Crippen LogP contribution is -2.29. The molecule has 0 spiro atoms. The van der Waals surface area contributed by atoms with Crippen LogP contribution in [0.15, 0.2) is 206 Å². The second-order valence-corrected chi connectivity index (χ2v) is 15.1. The van der Waals surface area contributed by atoms with Gasteiger partial charge in [-0.3, -0.25) is 0 Å². The summed E-state index contributed by atoms with van der Waals surface area (Å²) in [6.07, 6.45) is 0. The number of rotatable bonds is 4. The number of fused-ring (bicyclic) bond motifs is 8. The molecular weight excluding hydrogens is 677 g/mol. The van der Waals surface area contributed by atoms with E-state index in [9.17, 15) is 0 Å². The molecule has 0 atom stereocenters. The van der Waals surface area contributed by atoms with Crippen LogP contribution in [-0.4, -0.2) is 0 Å². The Morgan fingerprint density at radius 1 is 0.339 bits per heavy atom. The van der Waals surface area contributed by atoms with Gasteiger partial charge in [-0.05, 0) is 112 Å². The van der Waals surface area contributed by atoms with Crippen LogP contribution in [0.25, 0.3) is 76.8 Å². The number of para-hydroxylation sites is 1. The van der Waals surface area contributed by atoms with Gasteiger partial charge in [0.15, 0.2) is 0 Å². The zero-order chi connectivity index (χ0) is 36.8. The molecule has 0 bridgehead atoms. The van der Waals surface area contributed by atoms with Crippen molar-refractivity contribution in [2.24, 2.45) is 0 Å². The van der Waals surface area contributed by atoms with Crippen molar-refractivity contribution in [1.29, 1.82) is 0 Å². The van der Waals surface area contributed by atoms with E-state index < -0.39 is 5.41 Å². The molecule has 0 aromatic heterocycles. The van der Waals surface area contributed by atoms with Gasteiger partial charge in [-0.1, -0.05) is 182 Å². The molecule has 12 rings (SSSR count). The molecule has 1 aliphatic carbocycles. The molecule has 56 heavy (non-hydrogen) atoms. The average Bonchev–Trinajstić information content (AvgIpc) is 3.58. The zero-order valence-corrected chi connectivity index (χ0v) is 30.5. The zero-order valence-electron chi connectivity index (χ0n) is 30.5. The van der Waals surface area contributed by atoms with E-state index in [1.807, 2.05) is 6.07 Å². The lowest BCUT2D eigenvalue weighted by atomic mass is 9.65. The molecule has 10 aromatic carbocycles. The van der Waals surface area contributed by atoms with Gasteiger partial charge in [-0.2, -0.15) is 0 Å². The first-order valence-corrected chi connectivity index (χ1v) is 19.4. The summed E-state index contributed by atoms with van der Waals surface area (Å²) in [5.41, 5.74) is 14.3.